The highest BCUT2D eigenvalue weighted by atomic mass is 35.5. The molecule has 0 bridgehead atoms. The summed E-state index contributed by atoms with van der Waals surface area (Å²) in [5.74, 6) is -5.02. The van der Waals surface area contributed by atoms with Crippen LogP contribution in [0, 0.1) is 0 Å². The maximum absolute atomic E-state index is 10.3. The molecule has 15 nitrogen and oxygen atoms in total. The third-order valence-corrected chi connectivity index (χ3v) is 1.80. The first-order valence-corrected chi connectivity index (χ1v) is 8.07. The minimum atomic E-state index is -2.74. The number of carbonyl (C=O) groups is 3. The van der Waals surface area contributed by atoms with Gasteiger partial charge in [-0.15, -0.1) is 12.4 Å². The molecule has 0 saturated heterocycles. The summed E-state index contributed by atoms with van der Waals surface area (Å²) >= 11 is 0. The van der Waals surface area contributed by atoms with Gasteiger partial charge in [-0.2, -0.15) is 0 Å². The fourth-order valence-corrected chi connectivity index (χ4v) is 0.714. The van der Waals surface area contributed by atoms with Crippen LogP contribution >= 0.6 is 12.4 Å². The van der Waals surface area contributed by atoms with Crippen LogP contribution in [0.2, 0.25) is 0 Å². The highest BCUT2D eigenvalue weighted by Crippen LogP contribution is 2.15. The van der Waals surface area contributed by atoms with Crippen molar-refractivity contribution in [3.05, 3.63) is 0 Å². The minimum absolute atomic E-state index is 0. The second-order valence-electron chi connectivity index (χ2n) is 4.53. The number of rotatable bonds is 9. The molecule has 0 aromatic heterocycles. The van der Waals surface area contributed by atoms with E-state index in [9.17, 15) is 14.4 Å². The Morgan fingerprint density at radius 2 is 0.767 bits per heavy atom. The molecule has 0 aromatic carbocycles. The van der Waals surface area contributed by atoms with Gasteiger partial charge in [-0.05, 0) is 0 Å². The van der Waals surface area contributed by atoms with E-state index in [1.165, 1.54) is 0 Å². The standard InChI is InChI=1S/C6H8O7.4C2H7NO.ClH/c7-3(8)1-6(13,5(11)12)2-4(9)10;4*3-1-2-4;/h13H,1-2H2,(H,7,8)(H,9,10)(H,11,12);4*4H,1-3H2;1H. The Morgan fingerprint density at radius 3 is 0.833 bits per heavy atom. The molecule has 0 unspecified atom stereocenters. The zero-order valence-corrected chi connectivity index (χ0v) is 17.4. The molecule has 0 fully saturated rings. The van der Waals surface area contributed by atoms with Gasteiger partial charge in [0, 0.05) is 26.2 Å². The molecule has 0 radical (unpaired) electrons. The van der Waals surface area contributed by atoms with Crippen molar-refractivity contribution in [3.63, 3.8) is 0 Å². The Morgan fingerprint density at radius 1 is 0.600 bits per heavy atom. The fourth-order valence-electron chi connectivity index (χ4n) is 0.714. The first-order valence-electron chi connectivity index (χ1n) is 8.07. The van der Waals surface area contributed by atoms with Gasteiger partial charge in [-0.25, -0.2) is 4.79 Å². The molecule has 0 spiro atoms. The lowest BCUT2D eigenvalue weighted by Crippen LogP contribution is -2.42. The molecule has 186 valence electrons. The number of hydrogen-bond acceptors (Lipinski definition) is 12. The molecule has 0 heterocycles. The van der Waals surface area contributed by atoms with Crippen LogP contribution in [0.3, 0.4) is 0 Å². The van der Waals surface area contributed by atoms with E-state index in [0.29, 0.717) is 26.2 Å². The summed E-state index contributed by atoms with van der Waals surface area (Å²) in [6.45, 7) is 1.89. The summed E-state index contributed by atoms with van der Waals surface area (Å²) in [6, 6.07) is 0. The first kappa shape index (κ1) is 42.4. The molecular formula is C14H37ClN4O11. The third kappa shape index (κ3) is 50.3. The predicted octanol–water partition coefficient (Wildman–Crippen LogP) is -5.08. The van der Waals surface area contributed by atoms with E-state index in [2.05, 4.69) is 0 Å². The summed E-state index contributed by atoms with van der Waals surface area (Å²) in [7, 11) is 0. The largest absolute Gasteiger partial charge is 0.481 e. The maximum Gasteiger partial charge on any atom is 0.336 e. The Labute approximate surface area is 180 Å². The molecule has 30 heavy (non-hydrogen) atoms. The number of carboxylic acids is 3. The molecule has 0 rings (SSSR count). The SMILES string of the molecule is Cl.NCCO.NCCO.NCCO.NCCO.O=C(O)CC(O)(CC(=O)O)C(=O)O. The highest BCUT2D eigenvalue weighted by Gasteiger charge is 2.40. The number of carboxylic acid groups (broad SMARTS) is 3. The smallest absolute Gasteiger partial charge is 0.336 e. The van der Waals surface area contributed by atoms with Gasteiger partial charge in [-0.3, -0.25) is 9.59 Å². The van der Waals surface area contributed by atoms with Gasteiger partial charge in [0.25, 0.3) is 0 Å². The zero-order chi connectivity index (χ0) is 24.3. The quantitative estimate of drug-likeness (QED) is 0.149. The Hall–Kier alpha value is -1.66. The lowest BCUT2D eigenvalue weighted by atomic mass is 9.96. The van der Waals surface area contributed by atoms with E-state index in [4.69, 9.17) is 63.8 Å². The third-order valence-electron chi connectivity index (χ3n) is 1.80. The van der Waals surface area contributed by atoms with Gasteiger partial charge in [-0.1, -0.05) is 0 Å². The number of halogens is 1. The number of hydrogen-bond donors (Lipinski definition) is 12. The van der Waals surface area contributed by atoms with Crippen molar-refractivity contribution in [2.24, 2.45) is 22.9 Å². The van der Waals surface area contributed by atoms with Crippen LogP contribution in [0.25, 0.3) is 0 Å². The van der Waals surface area contributed by atoms with Crippen LogP contribution in [0.4, 0.5) is 0 Å². The van der Waals surface area contributed by atoms with Crippen LogP contribution in [-0.2, 0) is 14.4 Å². The van der Waals surface area contributed by atoms with Crippen molar-refractivity contribution in [1.29, 1.82) is 0 Å². The van der Waals surface area contributed by atoms with Crippen molar-refractivity contribution in [1.82, 2.24) is 0 Å². The van der Waals surface area contributed by atoms with Gasteiger partial charge < -0.3 is 63.8 Å². The predicted molar refractivity (Wildman–Crippen MR) is 109 cm³/mol. The van der Waals surface area contributed by atoms with Crippen LogP contribution in [0.1, 0.15) is 12.8 Å². The molecule has 0 amide bonds. The summed E-state index contributed by atoms with van der Waals surface area (Å²) in [6.07, 6.45) is -2.29. The van der Waals surface area contributed by atoms with E-state index >= 15 is 0 Å². The van der Waals surface area contributed by atoms with Crippen molar-refractivity contribution < 1.29 is 55.2 Å². The Balaban J connectivity index is -0.0000000700. The van der Waals surface area contributed by atoms with E-state index < -0.39 is 36.4 Å². The molecule has 16 heteroatoms. The topological polar surface area (TPSA) is 317 Å². The van der Waals surface area contributed by atoms with Gasteiger partial charge in [0.1, 0.15) is 0 Å². The van der Waals surface area contributed by atoms with Crippen LogP contribution in [0.5, 0.6) is 0 Å². The van der Waals surface area contributed by atoms with Gasteiger partial charge in [0.05, 0.1) is 39.3 Å². The van der Waals surface area contributed by atoms with Crippen molar-refractivity contribution >= 4 is 30.3 Å². The average Bonchev–Trinajstić information content (AvgIpc) is 2.67. The van der Waals surface area contributed by atoms with E-state index in [0.717, 1.165) is 0 Å². The molecular weight excluding hydrogens is 436 g/mol. The van der Waals surface area contributed by atoms with E-state index in [1.54, 1.807) is 0 Å². The zero-order valence-electron chi connectivity index (χ0n) is 16.6. The Kier molecular flexibility index (Phi) is 49.3. The second kappa shape index (κ2) is 34.8. The lowest BCUT2D eigenvalue weighted by Gasteiger charge is -2.18. The monoisotopic (exact) mass is 472 g/mol. The normalized spacial score (nSPS) is 8.70. The van der Waals surface area contributed by atoms with Gasteiger partial charge in [0.15, 0.2) is 5.60 Å². The molecule has 0 aliphatic carbocycles. The Bertz CT molecular complexity index is 340. The number of aliphatic hydroxyl groups is 5. The fraction of sp³-hybridized carbons (Fsp3) is 0.786. The molecule has 0 atom stereocenters. The number of nitrogens with two attached hydrogens (primary N) is 4. The average molecular weight is 473 g/mol. The van der Waals surface area contributed by atoms with Gasteiger partial charge >= 0.3 is 17.9 Å². The van der Waals surface area contributed by atoms with Crippen LogP contribution in [-0.4, -0.2) is 117 Å². The molecule has 0 aromatic rings. The summed E-state index contributed by atoms with van der Waals surface area (Å²) in [5, 5.41) is 64.8. The van der Waals surface area contributed by atoms with E-state index in [1.807, 2.05) is 0 Å². The lowest BCUT2D eigenvalue weighted by molar-refractivity contribution is -0.170. The van der Waals surface area contributed by atoms with Crippen molar-refractivity contribution in [3.8, 4) is 0 Å². The second-order valence-corrected chi connectivity index (χ2v) is 4.53. The molecule has 0 aliphatic rings. The summed E-state index contributed by atoms with van der Waals surface area (Å²) in [4.78, 5) is 30.5. The van der Waals surface area contributed by atoms with E-state index in [-0.39, 0.29) is 38.8 Å². The minimum Gasteiger partial charge on any atom is -0.481 e. The molecule has 16 N–H and O–H groups in total. The number of aliphatic carboxylic acids is 3. The summed E-state index contributed by atoms with van der Waals surface area (Å²) in [5.41, 5.74) is 16.4. The number of aliphatic hydroxyl groups excluding tert-OH is 4. The van der Waals surface area contributed by atoms with Crippen molar-refractivity contribution in [2.45, 2.75) is 18.4 Å². The first-order chi connectivity index (χ1) is 13.4. The molecule has 0 saturated carbocycles. The molecule has 0 aliphatic heterocycles. The maximum atomic E-state index is 10.3. The van der Waals surface area contributed by atoms with Gasteiger partial charge in [0.2, 0.25) is 0 Å². The van der Waals surface area contributed by atoms with Crippen LogP contribution in [0.15, 0.2) is 0 Å². The summed E-state index contributed by atoms with van der Waals surface area (Å²) < 4.78 is 0. The van der Waals surface area contributed by atoms with Crippen molar-refractivity contribution in [2.75, 3.05) is 52.6 Å². The van der Waals surface area contributed by atoms with Crippen LogP contribution < -0.4 is 22.9 Å². The highest BCUT2D eigenvalue weighted by molar-refractivity contribution is 5.88.